The Kier molecular flexibility index (Phi) is 4.07. The van der Waals surface area contributed by atoms with Gasteiger partial charge < -0.3 is 9.52 Å². The summed E-state index contributed by atoms with van der Waals surface area (Å²) >= 11 is 11.7. The molecule has 0 saturated heterocycles. The molecule has 94 valence electrons. The average Bonchev–Trinajstić information content (AvgIpc) is 2.81. The fraction of sp³-hybridized carbons (Fsp3) is 0.154. The van der Waals surface area contributed by atoms with Gasteiger partial charge in [-0.15, -0.1) is 0 Å². The molecule has 0 amide bonds. The molecule has 2 rings (SSSR count). The van der Waals surface area contributed by atoms with Gasteiger partial charge in [-0.25, -0.2) is 0 Å². The first-order valence-electron chi connectivity index (χ1n) is 5.27. The van der Waals surface area contributed by atoms with Crippen LogP contribution < -0.4 is 0 Å². The predicted octanol–water partition coefficient (Wildman–Crippen LogP) is 3.89. The Balaban J connectivity index is 2.12. The number of Topliss-reactive ketones (excluding diaryl/α,β-unsaturated/α-hetero) is 1. The van der Waals surface area contributed by atoms with Crippen LogP contribution in [0.25, 0.3) is 0 Å². The van der Waals surface area contributed by atoms with Gasteiger partial charge in [0.05, 0.1) is 12.4 Å². The Morgan fingerprint density at radius 2 is 2.11 bits per heavy atom. The highest BCUT2D eigenvalue weighted by Gasteiger charge is 2.18. The van der Waals surface area contributed by atoms with E-state index in [2.05, 4.69) is 0 Å². The quantitative estimate of drug-likeness (QED) is 0.867. The van der Waals surface area contributed by atoms with Gasteiger partial charge in [0.15, 0.2) is 5.76 Å². The van der Waals surface area contributed by atoms with E-state index in [-0.39, 0.29) is 18.0 Å². The predicted molar refractivity (Wildman–Crippen MR) is 69.1 cm³/mol. The molecule has 18 heavy (non-hydrogen) atoms. The van der Waals surface area contributed by atoms with Crippen LogP contribution in [0.1, 0.15) is 28.6 Å². The number of hydrogen-bond acceptors (Lipinski definition) is 3. The summed E-state index contributed by atoms with van der Waals surface area (Å²) in [5.41, 5.74) is 0.473. The van der Waals surface area contributed by atoms with Gasteiger partial charge in [-0.05, 0) is 29.8 Å². The minimum absolute atomic E-state index is 0.0884. The molecule has 0 fully saturated rings. The van der Waals surface area contributed by atoms with Crippen LogP contribution in [0.2, 0.25) is 10.0 Å². The van der Waals surface area contributed by atoms with Crippen molar-refractivity contribution in [3.63, 3.8) is 0 Å². The van der Waals surface area contributed by atoms with E-state index in [9.17, 15) is 9.90 Å². The number of rotatable bonds is 4. The lowest BCUT2D eigenvalue weighted by molar-refractivity contribution is 0.0853. The zero-order chi connectivity index (χ0) is 13.1. The van der Waals surface area contributed by atoms with Crippen molar-refractivity contribution in [1.82, 2.24) is 0 Å². The van der Waals surface area contributed by atoms with Crippen molar-refractivity contribution in [2.75, 3.05) is 0 Å². The van der Waals surface area contributed by atoms with E-state index in [0.717, 1.165) is 0 Å². The van der Waals surface area contributed by atoms with Crippen LogP contribution >= 0.6 is 23.2 Å². The fourth-order valence-corrected chi connectivity index (χ4v) is 2.13. The second-order valence-electron chi connectivity index (χ2n) is 3.79. The molecule has 0 aliphatic heterocycles. The SMILES string of the molecule is O=C(C[C@@H](O)c1ccc(Cl)cc1Cl)c1ccco1. The molecule has 0 radical (unpaired) electrons. The highest BCUT2D eigenvalue weighted by atomic mass is 35.5. The second kappa shape index (κ2) is 5.57. The molecule has 0 aliphatic carbocycles. The van der Waals surface area contributed by atoms with Gasteiger partial charge in [0.25, 0.3) is 0 Å². The summed E-state index contributed by atoms with van der Waals surface area (Å²) in [5.74, 6) is -0.0577. The average molecular weight is 285 g/mol. The van der Waals surface area contributed by atoms with Crippen molar-refractivity contribution in [3.8, 4) is 0 Å². The van der Waals surface area contributed by atoms with E-state index in [0.29, 0.717) is 15.6 Å². The summed E-state index contributed by atoms with van der Waals surface area (Å²) in [6.45, 7) is 0. The lowest BCUT2D eigenvalue weighted by Crippen LogP contribution is -2.06. The number of benzene rings is 1. The first kappa shape index (κ1) is 13.1. The Hall–Kier alpha value is -1.29. The number of carbonyl (C=O) groups is 1. The highest BCUT2D eigenvalue weighted by Crippen LogP contribution is 2.28. The lowest BCUT2D eigenvalue weighted by atomic mass is 10.0. The first-order chi connectivity index (χ1) is 8.58. The van der Waals surface area contributed by atoms with Crippen LogP contribution in [0, 0.1) is 0 Å². The maximum atomic E-state index is 11.7. The van der Waals surface area contributed by atoms with Crippen molar-refractivity contribution in [3.05, 3.63) is 58.0 Å². The van der Waals surface area contributed by atoms with E-state index < -0.39 is 6.10 Å². The summed E-state index contributed by atoms with van der Waals surface area (Å²) in [6, 6.07) is 7.92. The molecular weight excluding hydrogens is 275 g/mol. The third-order valence-corrected chi connectivity index (χ3v) is 3.06. The number of halogens is 2. The number of ketones is 1. The summed E-state index contributed by atoms with van der Waals surface area (Å²) in [7, 11) is 0. The smallest absolute Gasteiger partial charge is 0.200 e. The Bertz CT molecular complexity index is 549. The molecule has 0 unspecified atom stereocenters. The molecule has 1 aromatic heterocycles. The zero-order valence-electron chi connectivity index (χ0n) is 9.27. The molecule has 5 heteroatoms. The summed E-state index contributed by atoms with van der Waals surface area (Å²) in [6.07, 6.45) is 0.344. The van der Waals surface area contributed by atoms with Crippen molar-refractivity contribution < 1.29 is 14.3 Å². The standard InChI is InChI=1S/C13H10Cl2O3/c14-8-3-4-9(10(15)6-8)11(16)7-12(17)13-2-1-5-18-13/h1-6,11,16H,7H2/t11-/m1/s1. The van der Waals surface area contributed by atoms with E-state index in [1.807, 2.05) is 0 Å². The minimum Gasteiger partial charge on any atom is -0.461 e. The molecule has 0 spiro atoms. The molecule has 1 heterocycles. The van der Waals surface area contributed by atoms with Gasteiger partial charge in [-0.1, -0.05) is 29.3 Å². The lowest BCUT2D eigenvalue weighted by Gasteiger charge is -2.11. The van der Waals surface area contributed by atoms with Crippen LogP contribution in [-0.4, -0.2) is 10.9 Å². The summed E-state index contributed by atoms with van der Waals surface area (Å²) < 4.78 is 4.97. The van der Waals surface area contributed by atoms with Gasteiger partial charge in [-0.3, -0.25) is 4.79 Å². The monoisotopic (exact) mass is 284 g/mol. The van der Waals surface area contributed by atoms with Crippen LogP contribution in [0.5, 0.6) is 0 Å². The molecule has 0 saturated carbocycles. The van der Waals surface area contributed by atoms with Crippen molar-refractivity contribution >= 4 is 29.0 Å². The fourth-order valence-electron chi connectivity index (χ4n) is 1.60. The topological polar surface area (TPSA) is 50.4 Å². The zero-order valence-corrected chi connectivity index (χ0v) is 10.8. The maximum absolute atomic E-state index is 11.7. The first-order valence-corrected chi connectivity index (χ1v) is 6.03. The number of aliphatic hydroxyl groups excluding tert-OH is 1. The summed E-state index contributed by atoms with van der Waals surface area (Å²) in [5, 5.41) is 10.8. The summed E-state index contributed by atoms with van der Waals surface area (Å²) in [4.78, 5) is 11.7. The van der Waals surface area contributed by atoms with Gasteiger partial charge >= 0.3 is 0 Å². The Morgan fingerprint density at radius 3 is 2.72 bits per heavy atom. The second-order valence-corrected chi connectivity index (χ2v) is 4.63. The molecule has 0 bridgehead atoms. The van der Waals surface area contributed by atoms with Gasteiger partial charge in [0.1, 0.15) is 0 Å². The van der Waals surface area contributed by atoms with Gasteiger partial charge in [0.2, 0.25) is 5.78 Å². The van der Waals surface area contributed by atoms with E-state index in [1.165, 1.54) is 12.3 Å². The van der Waals surface area contributed by atoms with Crippen LogP contribution in [-0.2, 0) is 0 Å². The van der Waals surface area contributed by atoms with E-state index >= 15 is 0 Å². The third kappa shape index (κ3) is 2.93. The van der Waals surface area contributed by atoms with Crippen molar-refractivity contribution in [1.29, 1.82) is 0 Å². The molecule has 2 aromatic rings. The molecule has 0 aliphatic rings. The van der Waals surface area contributed by atoms with Crippen LogP contribution in [0.3, 0.4) is 0 Å². The Labute approximate surface area is 114 Å². The molecule has 1 N–H and O–H groups in total. The van der Waals surface area contributed by atoms with Crippen LogP contribution in [0.15, 0.2) is 41.0 Å². The minimum atomic E-state index is -0.979. The van der Waals surface area contributed by atoms with Gasteiger partial charge in [0, 0.05) is 16.5 Å². The number of hydrogen-bond donors (Lipinski definition) is 1. The largest absolute Gasteiger partial charge is 0.461 e. The number of carbonyl (C=O) groups excluding carboxylic acids is 1. The molecule has 3 nitrogen and oxygen atoms in total. The van der Waals surface area contributed by atoms with Crippen molar-refractivity contribution in [2.24, 2.45) is 0 Å². The van der Waals surface area contributed by atoms with Gasteiger partial charge in [-0.2, -0.15) is 0 Å². The third-order valence-electron chi connectivity index (χ3n) is 2.50. The number of aliphatic hydroxyl groups is 1. The highest BCUT2D eigenvalue weighted by molar-refractivity contribution is 6.35. The molecule has 1 aromatic carbocycles. The Morgan fingerprint density at radius 1 is 1.33 bits per heavy atom. The normalized spacial score (nSPS) is 12.4. The van der Waals surface area contributed by atoms with Crippen LogP contribution in [0.4, 0.5) is 0 Å². The van der Waals surface area contributed by atoms with E-state index in [1.54, 1.807) is 24.3 Å². The number of furan rings is 1. The maximum Gasteiger partial charge on any atom is 0.200 e. The van der Waals surface area contributed by atoms with Crippen molar-refractivity contribution in [2.45, 2.75) is 12.5 Å². The molecular formula is C13H10Cl2O3. The van der Waals surface area contributed by atoms with E-state index in [4.69, 9.17) is 27.6 Å². The molecule has 1 atom stereocenters.